The Morgan fingerprint density at radius 2 is 2.05 bits per heavy atom. The molecule has 2 rings (SSSR count). The van der Waals surface area contributed by atoms with Crippen LogP contribution in [0.3, 0.4) is 0 Å². The molecule has 1 aliphatic heterocycles. The number of rotatable bonds is 4. The zero-order valence-corrected chi connectivity index (χ0v) is 13.8. The number of benzene rings is 1. The first kappa shape index (κ1) is 16.2. The van der Waals surface area contributed by atoms with Crippen molar-refractivity contribution in [3.63, 3.8) is 0 Å². The molecule has 5 heteroatoms. The number of hydrogen-bond donors (Lipinski definition) is 3. The number of carbonyl (C=O) groups excluding carboxylic acids is 1. The van der Waals surface area contributed by atoms with Gasteiger partial charge in [0.15, 0.2) is 0 Å². The standard InChI is InChI=1S/C16H25N3OS/c1-11(18-14-8-16(2,3)10-21-9-14)12-4-6-13(7-5-12)19-15(17)20/h4-7,11,14,18H,8-10H2,1-3H3,(H3,17,19,20). The van der Waals surface area contributed by atoms with E-state index in [0.717, 1.165) is 5.69 Å². The van der Waals surface area contributed by atoms with E-state index in [2.05, 4.69) is 31.4 Å². The van der Waals surface area contributed by atoms with Crippen LogP contribution in [0.2, 0.25) is 0 Å². The molecule has 2 atom stereocenters. The summed E-state index contributed by atoms with van der Waals surface area (Å²) in [6.07, 6.45) is 1.21. The van der Waals surface area contributed by atoms with Crippen LogP contribution in [0.4, 0.5) is 10.5 Å². The van der Waals surface area contributed by atoms with Crippen LogP contribution in [0, 0.1) is 5.41 Å². The lowest BCUT2D eigenvalue weighted by Crippen LogP contribution is -2.41. The van der Waals surface area contributed by atoms with Gasteiger partial charge in [-0.2, -0.15) is 11.8 Å². The topological polar surface area (TPSA) is 67.2 Å². The summed E-state index contributed by atoms with van der Waals surface area (Å²) in [5, 5.41) is 6.30. The van der Waals surface area contributed by atoms with Crippen molar-refractivity contribution in [3.05, 3.63) is 29.8 Å². The summed E-state index contributed by atoms with van der Waals surface area (Å²) in [7, 11) is 0. The fourth-order valence-corrected chi connectivity index (χ4v) is 4.10. The minimum Gasteiger partial charge on any atom is -0.351 e. The van der Waals surface area contributed by atoms with Crippen LogP contribution in [0.1, 0.15) is 38.8 Å². The average molecular weight is 307 g/mol. The van der Waals surface area contributed by atoms with E-state index in [1.807, 2.05) is 36.0 Å². The Labute approximate surface area is 131 Å². The largest absolute Gasteiger partial charge is 0.351 e. The van der Waals surface area contributed by atoms with Crippen LogP contribution in [0.5, 0.6) is 0 Å². The summed E-state index contributed by atoms with van der Waals surface area (Å²) in [5.41, 5.74) is 7.47. The van der Waals surface area contributed by atoms with Gasteiger partial charge in [0, 0.05) is 23.5 Å². The molecular formula is C16H25N3OS. The van der Waals surface area contributed by atoms with E-state index in [9.17, 15) is 4.79 Å². The van der Waals surface area contributed by atoms with E-state index in [0.29, 0.717) is 17.5 Å². The maximum absolute atomic E-state index is 10.8. The molecule has 116 valence electrons. The molecule has 1 aliphatic rings. The third-order valence-corrected chi connectivity index (χ3v) is 5.40. The first-order valence-corrected chi connectivity index (χ1v) is 8.51. The van der Waals surface area contributed by atoms with Crippen molar-refractivity contribution >= 4 is 23.5 Å². The fraction of sp³-hybridized carbons (Fsp3) is 0.562. The molecule has 4 N–H and O–H groups in total. The predicted octanol–water partition coefficient (Wildman–Crippen LogP) is 3.36. The summed E-state index contributed by atoms with van der Waals surface area (Å²) in [5.74, 6) is 2.42. The van der Waals surface area contributed by atoms with Crippen LogP contribution < -0.4 is 16.4 Å². The lowest BCUT2D eigenvalue weighted by atomic mass is 9.87. The van der Waals surface area contributed by atoms with Crippen molar-refractivity contribution in [3.8, 4) is 0 Å². The highest BCUT2D eigenvalue weighted by atomic mass is 32.2. The molecule has 0 aromatic heterocycles. The van der Waals surface area contributed by atoms with Gasteiger partial charge in [0.25, 0.3) is 0 Å². The molecule has 1 aromatic carbocycles. The van der Waals surface area contributed by atoms with Crippen molar-refractivity contribution in [2.45, 2.75) is 39.3 Å². The number of nitrogens with one attached hydrogen (secondary N) is 2. The van der Waals surface area contributed by atoms with Crippen LogP contribution in [0.15, 0.2) is 24.3 Å². The monoisotopic (exact) mass is 307 g/mol. The van der Waals surface area contributed by atoms with Gasteiger partial charge in [-0.25, -0.2) is 4.79 Å². The van der Waals surface area contributed by atoms with E-state index in [4.69, 9.17) is 5.73 Å². The zero-order chi connectivity index (χ0) is 15.5. The van der Waals surface area contributed by atoms with E-state index in [1.54, 1.807) is 0 Å². The minimum absolute atomic E-state index is 0.298. The van der Waals surface area contributed by atoms with E-state index in [1.165, 1.54) is 23.5 Å². The molecule has 1 saturated heterocycles. The Bertz CT molecular complexity index is 487. The highest BCUT2D eigenvalue weighted by Gasteiger charge is 2.29. The molecule has 0 bridgehead atoms. The van der Waals surface area contributed by atoms with Crippen LogP contribution in [-0.2, 0) is 0 Å². The molecular weight excluding hydrogens is 282 g/mol. The molecule has 0 saturated carbocycles. The average Bonchev–Trinajstić information content (AvgIpc) is 2.37. The van der Waals surface area contributed by atoms with Gasteiger partial charge in [0.1, 0.15) is 0 Å². The van der Waals surface area contributed by atoms with Gasteiger partial charge in [-0.3, -0.25) is 0 Å². The fourth-order valence-electron chi connectivity index (χ4n) is 2.82. The summed E-state index contributed by atoms with van der Waals surface area (Å²) in [4.78, 5) is 10.8. The van der Waals surface area contributed by atoms with Crippen molar-refractivity contribution in [2.75, 3.05) is 16.8 Å². The Balaban J connectivity index is 1.93. The first-order chi connectivity index (χ1) is 9.85. The van der Waals surface area contributed by atoms with Crippen LogP contribution in [0.25, 0.3) is 0 Å². The second-order valence-electron chi connectivity index (χ2n) is 6.58. The molecule has 4 nitrogen and oxygen atoms in total. The lowest BCUT2D eigenvalue weighted by Gasteiger charge is -2.36. The molecule has 2 unspecified atom stereocenters. The molecule has 0 aliphatic carbocycles. The second-order valence-corrected chi connectivity index (χ2v) is 7.61. The Kier molecular flexibility index (Phi) is 5.17. The SMILES string of the molecule is CC(NC1CSCC(C)(C)C1)c1ccc(NC(N)=O)cc1. The third-order valence-electron chi connectivity index (χ3n) is 3.77. The number of thioether (sulfide) groups is 1. The molecule has 1 heterocycles. The summed E-state index contributed by atoms with van der Waals surface area (Å²) in [6.45, 7) is 6.86. The Morgan fingerprint density at radius 3 is 2.62 bits per heavy atom. The molecule has 21 heavy (non-hydrogen) atoms. The molecule has 1 aromatic rings. The highest BCUT2D eigenvalue weighted by molar-refractivity contribution is 7.99. The minimum atomic E-state index is -0.532. The van der Waals surface area contributed by atoms with E-state index < -0.39 is 6.03 Å². The Morgan fingerprint density at radius 1 is 1.38 bits per heavy atom. The van der Waals surface area contributed by atoms with Gasteiger partial charge >= 0.3 is 6.03 Å². The predicted molar refractivity (Wildman–Crippen MR) is 90.7 cm³/mol. The zero-order valence-electron chi connectivity index (χ0n) is 13.0. The van der Waals surface area contributed by atoms with Gasteiger partial charge in [-0.1, -0.05) is 26.0 Å². The van der Waals surface area contributed by atoms with Crippen molar-refractivity contribution < 1.29 is 4.79 Å². The molecule has 2 amide bonds. The van der Waals surface area contributed by atoms with Gasteiger partial charge in [0.2, 0.25) is 0 Å². The second kappa shape index (κ2) is 6.71. The first-order valence-electron chi connectivity index (χ1n) is 7.36. The third kappa shape index (κ3) is 4.93. The maximum Gasteiger partial charge on any atom is 0.316 e. The van der Waals surface area contributed by atoms with Crippen LogP contribution in [-0.4, -0.2) is 23.6 Å². The van der Waals surface area contributed by atoms with Gasteiger partial charge in [-0.15, -0.1) is 0 Å². The number of primary amides is 1. The van der Waals surface area contributed by atoms with Gasteiger partial charge in [0.05, 0.1) is 0 Å². The number of carbonyl (C=O) groups is 1. The lowest BCUT2D eigenvalue weighted by molar-refractivity contribution is 0.259. The highest BCUT2D eigenvalue weighted by Crippen LogP contribution is 2.34. The number of urea groups is 1. The van der Waals surface area contributed by atoms with Gasteiger partial charge < -0.3 is 16.4 Å². The number of anilines is 1. The normalized spacial score (nSPS) is 22.5. The summed E-state index contributed by atoms with van der Waals surface area (Å²) in [6, 6.07) is 8.16. The Hall–Kier alpha value is -1.20. The maximum atomic E-state index is 10.8. The van der Waals surface area contributed by atoms with Crippen molar-refractivity contribution in [1.82, 2.24) is 5.32 Å². The van der Waals surface area contributed by atoms with Crippen molar-refractivity contribution in [2.24, 2.45) is 11.1 Å². The van der Waals surface area contributed by atoms with Crippen molar-refractivity contribution in [1.29, 1.82) is 0 Å². The number of hydrogen-bond acceptors (Lipinski definition) is 3. The van der Waals surface area contributed by atoms with Crippen LogP contribution >= 0.6 is 11.8 Å². The molecule has 0 radical (unpaired) electrons. The van der Waals surface area contributed by atoms with Gasteiger partial charge in [-0.05, 0) is 42.2 Å². The quantitative estimate of drug-likeness (QED) is 0.799. The number of nitrogens with two attached hydrogens (primary N) is 1. The summed E-state index contributed by atoms with van der Waals surface area (Å²) >= 11 is 2.03. The van der Waals surface area contributed by atoms with E-state index in [-0.39, 0.29) is 0 Å². The number of amides is 2. The van der Waals surface area contributed by atoms with E-state index >= 15 is 0 Å². The molecule has 1 fully saturated rings. The molecule has 0 spiro atoms. The summed E-state index contributed by atoms with van der Waals surface area (Å²) < 4.78 is 0. The smallest absolute Gasteiger partial charge is 0.316 e.